The molecule has 1 aliphatic heterocycles. The Labute approximate surface area is 168 Å². The zero-order valence-corrected chi connectivity index (χ0v) is 17.5. The second kappa shape index (κ2) is 8.15. The van der Waals surface area contributed by atoms with Gasteiger partial charge in [-0.1, -0.05) is 0 Å². The molecule has 2 aromatic rings. The van der Waals surface area contributed by atoms with Crippen LogP contribution in [0.3, 0.4) is 0 Å². The molecule has 3 rings (SSSR count). The number of thiazole rings is 1. The van der Waals surface area contributed by atoms with Crippen molar-refractivity contribution in [1.82, 2.24) is 9.29 Å². The Hall–Kier alpha value is -1.66. The first-order valence-corrected chi connectivity index (χ1v) is 11.1. The third-order valence-electron chi connectivity index (χ3n) is 3.87. The number of morpholine rings is 1. The molecule has 1 aromatic carbocycles. The highest BCUT2D eigenvalue weighted by atomic mass is 79.9. The Bertz CT molecular complexity index is 984. The average molecular weight is 474 g/mol. The van der Waals surface area contributed by atoms with Crippen LogP contribution in [0.2, 0.25) is 0 Å². The maximum absolute atomic E-state index is 12.9. The SMILES string of the molecule is CC(=O)c1csc(NC(=O)c2ccc(Br)c(S(=O)(=O)N3CCOCC3)c2)n1. The number of hydrogen-bond donors (Lipinski definition) is 1. The molecule has 144 valence electrons. The predicted molar refractivity (Wildman–Crippen MR) is 104 cm³/mol. The lowest BCUT2D eigenvalue weighted by Crippen LogP contribution is -2.40. The summed E-state index contributed by atoms with van der Waals surface area (Å²) in [4.78, 5) is 27.8. The number of anilines is 1. The smallest absolute Gasteiger partial charge is 0.257 e. The largest absolute Gasteiger partial charge is 0.379 e. The van der Waals surface area contributed by atoms with Crippen LogP contribution < -0.4 is 5.32 Å². The van der Waals surface area contributed by atoms with Crippen LogP contribution in [0, 0.1) is 0 Å². The summed E-state index contributed by atoms with van der Waals surface area (Å²) < 4.78 is 32.7. The number of nitrogens with zero attached hydrogens (tertiary/aromatic N) is 2. The number of hydrogen-bond acceptors (Lipinski definition) is 7. The fraction of sp³-hybridized carbons (Fsp3) is 0.312. The van der Waals surface area contributed by atoms with E-state index < -0.39 is 15.9 Å². The molecule has 1 fully saturated rings. The quantitative estimate of drug-likeness (QED) is 0.668. The number of ketones is 1. The van der Waals surface area contributed by atoms with Crippen molar-refractivity contribution in [3.8, 4) is 0 Å². The summed E-state index contributed by atoms with van der Waals surface area (Å²) in [6, 6.07) is 4.35. The molecule has 2 heterocycles. The van der Waals surface area contributed by atoms with Crippen LogP contribution in [-0.2, 0) is 14.8 Å². The molecular formula is C16H16BrN3O5S2. The highest BCUT2D eigenvalue weighted by molar-refractivity contribution is 9.10. The maximum Gasteiger partial charge on any atom is 0.257 e. The fourth-order valence-corrected chi connectivity index (χ4v) is 5.53. The third kappa shape index (κ3) is 4.43. The second-order valence-electron chi connectivity index (χ2n) is 5.71. The molecule has 11 heteroatoms. The zero-order chi connectivity index (χ0) is 19.6. The van der Waals surface area contributed by atoms with Crippen LogP contribution in [0.4, 0.5) is 5.13 Å². The van der Waals surface area contributed by atoms with E-state index in [1.54, 1.807) is 5.38 Å². The number of nitrogens with one attached hydrogen (secondary N) is 1. The highest BCUT2D eigenvalue weighted by Gasteiger charge is 2.29. The van der Waals surface area contributed by atoms with Gasteiger partial charge in [-0.15, -0.1) is 11.3 Å². The minimum Gasteiger partial charge on any atom is -0.379 e. The fourth-order valence-electron chi connectivity index (χ4n) is 2.43. The van der Waals surface area contributed by atoms with Gasteiger partial charge in [0.05, 0.1) is 18.1 Å². The second-order valence-corrected chi connectivity index (χ2v) is 9.33. The molecule has 0 radical (unpaired) electrons. The predicted octanol–water partition coefficient (Wildman–Crippen LogP) is 2.38. The number of sulfonamides is 1. The lowest BCUT2D eigenvalue weighted by molar-refractivity contribution is 0.0730. The van der Waals surface area contributed by atoms with Gasteiger partial charge in [-0.2, -0.15) is 4.31 Å². The maximum atomic E-state index is 12.9. The number of benzene rings is 1. The van der Waals surface area contributed by atoms with E-state index in [4.69, 9.17) is 4.74 Å². The van der Waals surface area contributed by atoms with E-state index in [0.717, 1.165) is 11.3 Å². The summed E-state index contributed by atoms with van der Waals surface area (Å²) in [6.07, 6.45) is 0. The number of aromatic nitrogens is 1. The Morgan fingerprint density at radius 2 is 2.00 bits per heavy atom. The molecule has 1 aliphatic rings. The molecule has 1 amide bonds. The van der Waals surface area contributed by atoms with Crippen LogP contribution in [0.1, 0.15) is 27.8 Å². The van der Waals surface area contributed by atoms with Crippen molar-refractivity contribution in [2.45, 2.75) is 11.8 Å². The number of carbonyl (C=O) groups excluding carboxylic acids is 2. The average Bonchev–Trinajstić information content (AvgIpc) is 3.11. The van der Waals surface area contributed by atoms with Crippen molar-refractivity contribution in [2.75, 3.05) is 31.6 Å². The Kier molecular flexibility index (Phi) is 6.06. The molecular weight excluding hydrogens is 458 g/mol. The first-order chi connectivity index (χ1) is 12.8. The monoisotopic (exact) mass is 473 g/mol. The van der Waals surface area contributed by atoms with E-state index in [2.05, 4.69) is 26.2 Å². The molecule has 27 heavy (non-hydrogen) atoms. The topological polar surface area (TPSA) is 106 Å². The number of halogens is 1. The van der Waals surface area contributed by atoms with E-state index in [1.165, 1.54) is 29.4 Å². The van der Waals surface area contributed by atoms with E-state index in [0.29, 0.717) is 17.7 Å². The third-order valence-corrected chi connectivity index (χ3v) is 7.52. The van der Waals surface area contributed by atoms with Gasteiger partial charge in [0.2, 0.25) is 10.0 Å². The summed E-state index contributed by atoms with van der Waals surface area (Å²) in [5.74, 6) is -0.709. The van der Waals surface area contributed by atoms with Crippen molar-refractivity contribution >= 4 is 54.1 Å². The molecule has 0 saturated carbocycles. The van der Waals surface area contributed by atoms with Crippen LogP contribution >= 0.6 is 27.3 Å². The Morgan fingerprint density at radius 3 is 2.63 bits per heavy atom. The summed E-state index contributed by atoms with van der Waals surface area (Å²) in [5.41, 5.74) is 0.436. The molecule has 0 spiro atoms. The number of ether oxygens (including phenoxy) is 1. The van der Waals surface area contributed by atoms with Crippen LogP contribution in [0.5, 0.6) is 0 Å². The standard InChI is InChI=1S/C16H16BrN3O5S2/c1-10(21)13-9-26-16(18-13)19-15(22)11-2-3-12(17)14(8-11)27(23,24)20-4-6-25-7-5-20/h2-3,8-9H,4-7H2,1H3,(H,18,19,22). The van der Waals surface area contributed by atoms with E-state index in [9.17, 15) is 18.0 Å². The van der Waals surface area contributed by atoms with E-state index in [-0.39, 0.29) is 40.2 Å². The zero-order valence-electron chi connectivity index (χ0n) is 14.3. The van der Waals surface area contributed by atoms with Crippen LogP contribution in [-0.4, -0.2) is 55.7 Å². The van der Waals surface area contributed by atoms with Gasteiger partial charge in [-0.25, -0.2) is 13.4 Å². The first-order valence-electron chi connectivity index (χ1n) is 7.94. The van der Waals surface area contributed by atoms with Gasteiger partial charge in [0, 0.05) is 35.4 Å². The molecule has 1 N–H and O–H groups in total. The molecule has 8 nitrogen and oxygen atoms in total. The normalized spacial score (nSPS) is 15.5. The van der Waals surface area contributed by atoms with E-state index in [1.807, 2.05) is 0 Å². The van der Waals surface area contributed by atoms with E-state index >= 15 is 0 Å². The summed E-state index contributed by atoms with van der Waals surface area (Å²) in [6.45, 7) is 2.58. The van der Waals surface area contributed by atoms with Gasteiger partial charge < -0.3 is 4.74 Å². The number of carbonyl (C=O) groups is 2. The highest BCUT2D eigenvalue weighted by Crippen LogP contribution is 2.27. The summed E-state index contributed by atoms with van der Waals surface area (Å²) >= 11 is 4.37. The van der Waals surface area contributed by atoms with Crippen LogP contribution in [0.25, 0.3) is 0 Å². The van der Waals surface area contributed by atoms with Gasteiger partial charge in [0.1, 0.15) is 5.69 Å². The van der Waals surface area contributed by atoms with Crippen molar-refractivity contribution in [3.05, 3.63) is 39.3 Å². The lowest BCUT2D eigenvalue weighted by atomic mass is 10.2. The molecule has 1 saturated heterocycles. The summed E-state index contributed by atoms with van der Waals surface area (Å²) in [7, 11) is -3.76. The Morgan fingerprint density at radius 1 is 1.30 bits per heavy atom. The molecule has 0 aliphatic carbocycles. The van der Waals surface area contributed by atoms with Crippen molar-refractivity contribution in [3.63, 3.8) is 0 Å². The van der Waals surface area contributed by atoms with Gasteiger partial charge in [-0.05, 0) is 34.1 Å². The van der Waals surface area contributed by atoms with Crippen molar-refractivity contribution < 1.29 is 22.7 Å². The van der Waals surface area contributed by atoms with Gasteiger partial charge >= 0.3 is 0 Å². The van der Waals surface area contributed by atoms with Gasteiger partial charge in [-0.3, -0.25) is 14.9 Å². The number of amides is 1. The minimum atomic E-state index is -3.76. The first kappa shape index (κ1) is 20.1. The number of rotatable bonds is 5. The lowest BCUT2D eigenvalue weighted by Gasteiger charge is -2.26. The molecule has 1 aromatic heterocycles. The van der Waals surface area contributed by atoms with Crippen molar-refractivity contribution in [2.24, 2.45) is 0 Å². The summed E-state index contributed by atoms with van der Waals surface area (Å²) in [5, 5.41) is 4.40. The molecule has 0 unspecified atom stereocenters. The number of Topliss-reactive ketones (excluding diaryl/α,β-unsaturated/α-hetero) is 1. The Balaban J connectivity index is 1.85. The molecule has 0 bridgehead atoms. The molecule has 0 atom stereocenters. The van der Waals surface area contributed by atoms with Gasteiger partial charge in [0.25, 0.3) is 5.91 Å². The minimum absolute atomic E-state index is 0.0145. The van der Waals surface area contributed by atoms with Crippen molar-refractivity contribution in [1.29, 1.82) is 0 Å². The van der Waals surface area contributed by atoms with Gasteiger partial charge in [0.15, 0.2) is 10.9 Å². The van der Waals surface area contributed by atoms with Crippen LogP contribution in [0.15, 0.2) is 32.9 Å².